The summed E-state index contributed by atoms with van der Waals surface area (Å²) in [6.45, 7) is 8.58. The Morgan fingerprint density at radius 2 is 2.05 bits per heavy atom. The van der Waals surface area contributed by atoms with Crippen LogP contribution in [-0.2, 0) is 11.3 Å². The van der Waals surface area contributed by atoms with Gasteiger partial charge in [-0.2, -0.15) is 0 Å². The molecule has 0 aliphatic rings. The Kier molecular flexibility index (Phi) is 7.75. The summed E-state index contributed by atoms with van der Waals surface area (Å²) in [7, 11) is 1.80. The van der Waals surface area contributed by atoms with Crippen LogP contribution in [0.5, 0.6) is 0 Å². The van der Waals surface area contributed by atoms with Gasteiger partial charge in [0.15, 0.2) is 0 Å². The highest BCUT2D eigenvalue weighted by molar-refractivity contribution is 5.02. The average molecular weight is 267 g/mol. The van der Waals surface area contributed by atoms with E-state index in [4.69, 9.17) is 4.74 Å². The van der Waals surface area contributed by atoms with Gasteiger partial charge in [0.05, 0.1) is 12.1 Å². The van der Waals surface area contributed by atoms with E-state index in [2.05, 4.69) is 41.8 Å². The normalized spacial score (nSPS) is 14.5. The van der Waals surface area contributed by atoms with Crippen molar-refractivity contribution in [2.75, 3.05) is 13.7 Å². The molecule has 2 atom stereocenters. The van der Waals surface area contributed by atoms with Crippen molar-refractivity contribution in [2.24, 2.45) is 0 Å². The van der Waals surface area contributed by atoms with Crippen molar-refractivity contribution in [1.82, 2.24) is 14.9 Å². The first-order chi connectivity index (χ1) is 9.28. The summed E-state index contributed by atoms with van der Waals surface area (Å²) in [5, 5.41) is 3.60. The number of rotatable bonds is 10. The number of aromatic nitrogens is 2. The van der Waals surface area contributed by atoms with Crippen LogP contribution in [0.25, 0.3) is 0 Å². The van der Waals surface area contributed by atoms with Gasteiger partial charge in [-0.15, -0.1) is 0 Å². The fourth-order valence-corrected chi connectivity index (χ4v) is 2.42. The van der Waals surface area contributed by atoms with Crippen molar-refractivity contribution in [3.8, 4) is 0 Å². The van der Waals surface area contributed by atoms with Crippen molar-refractivity contribution in [3.05, 3.63) is 18.2 Å². The van der Waals surface area contributed by atoms with Crippen LogP contribution in [0.4, 0.5) is 0 Å². The van der Waals surface area contributed by atoms with E-state index in [1.807, 2.05) is 6.20 Å². The van der Waals surface area contributed by atoms with Crippen LogP contribution < -0.4 is 5.32 Å². The molecule has 110 valence electrons. The lowest BCUT2D eigenvalue weighted by Crippen LogP contribution is -2.36. The Balaban J connectivity index is 2.90. The zero-order valence-corrected chi connectivity index (χ0v) is 12.9. The smallest absolute Gasteiger partial charge is 0.128 e. The molecule has 0 bridgehead atoms. The molecule has 0 aromatic carbocycles. The Labute approximate surface area is 117 Å². The molecule has 1 aromatic rings. The van der Waals surface area contributed by atoms with Crippen LogP contribution in [0.3, 0.4) is 0 Å². The first kappa shape index (κ1) is 16.2. The summed E-state index contributed by atoms with van der Waals surface area (Å²) in [6.07, 6.45) is 8.56. The Bertz CT molecular complexity index is 338. The molecule has 1 aromatic heterocycles. The molecule has 0 spiro atoms. The number of methoxy groups -OCH3 is 1. The minimum Gasteiger partial charge on any atom is -0.379 e. The van der Waals surface area contributed by atoms with Crippen LogP contribution in [-0.4, -0.2) is 29.3 Å². The van der Waals surface area contributed by atoms with Gasteiger partial charge in [-0.25, -0.2) is 4.98 Å². The Morgan fingerprint density at radius 3 is 2.63 bits per heavy atom. The van der Waals surface area contributed by atoms with Gasteiger partial charge in [-0.1, -0.05) is 27.2 Å². The maximum Gasteiger partial charge on any atom is 0.128 e. The number of imidazole rings is 1. The van der Waals surface area contributed by atoms with Crippen LogP contribution in [0.15, 0.2) is 12.4 Å². The lowest BCUT2D eigenvalue weighted by molar-refractivity contribution is 0.0567. The van der Waals surface area contributed by atoms with Crippen molar-refractivity contribution < 1.29 is 4.74 Å². The third-order valence-corrected chi connectivity index (χ3v) is 3.35. The summed E-state index contributed by atoms with van der Waals surface area (Å²) in [5.74, 6) is 1.11. The highest BCUT2D eigenvalue weighted by Crippen LogP contribution is 2.21. The number of ether oxygens (including phenoxy) is 1. The van der Waals surface area contributed by atoms with Gasteiger partial charge in [0, 0.05) is 26.0 Å². The van der Waals surface area contributed by atoms with Crippen molar-refractivity contribution >= 4 is 0 Å². The SMILES string of the molecule is CCCNC(c1nccn1CCC)C(CCC)OC. The topological polar surface area (TPSA) is 39.1 Å². The van der Waals surface area contributed by atoms with E-state index in [0.717, 1.165) is 44.6 Å². The van der Waals surface area contributed by atoms with Crippen LogP contribution in [0.1, 0.15) is 58.3 Å². The predicted molar refractivity (Wildman–Crippen MR) is 79.3 cm³/mol. The summed E-state index contributed by atoms with van der Waals surface area (Å²) in [5.41, 5.74) is 0. The summed E-state index contributed by atoms with van der Waals surface area (Å²) in [4.78, 5) is 4.56. The fraction of sp³-hybridized carbons (Fsp3) is 0.800. The zero-order valence-electron chi connectivity index (χ0n) is 12.9. The zero-order chi connectivity index (χ0) is 14.1. The van der Waals surface area contributed by atoms with E-state index >= 15 is 0 Å². The molecular formula is C15H29N3O. The highest BCUT2D eigenvalue weighted by atomic mass is 16.5. The second kappa shape index (κ2) is 9.10. The third kappa shape index (κ3) is 4.62. The van der Waals surface area contributed by atoms with Gasteiger partial charge in [0.25, 0.3) is 0 Å². The first-order valence-electron chi connectivity index (χ1n) is 7.55. The van der Waals surface area contributed by atoms with Crippen LogP contribution in [0.2, 0.25) is 0 Å². The fourth-order valence-electron chi connectivity index (χ4n) is 2.42. The molecular weight excluding hydrogens is 238 g/mol. The van der Waals surface area contributed by atoms with Gasteiger partial charge in [-0.05, 0) is 25.8 Å². The number of hydrogen-bond acceptors (Lipinski definition) is 3. The predicted octanol–water partition coefficient (Wildman–Crippen LogP) is 3.15. The van der Waals surface area contributed by atoms with E-state index in [1.165, 1.54) is 0 Å². The average Bonchev–Trinajstić information content (AvgIpc) is 2.86. The third-order valence-electron chi connectivity index (χ3n) is 3.35. The van der Waals surface area contributed by atoms with E-state index in [0.29, 0.717) is 0 Å². The minimum absolute atomic E-state index is 0.187. The van der Waals surface area contributed by atoms with E-state index in [-0.39, 0.29) is 12.1 Å². The number of hydrogen-bond donors (Lipinski definition) is 1. The van der Waals surface area contributed by atoms with Crippen LogP contribution in [0, 0.1) is 0 Å². The van der Waals surface area contributed by atoms with Gasteiger partial charge in [-0.3, -0.25) is 0 Å². The maximum absolute atomic E-state index is 5.69. The first-order valence-corrected chi connectivity index (χ1v) is 7.55. The van der Waals surface area contributed by atoms with Gasteiger partial charge in [0.1, 0.15) is 5.82 Å². The van der Waals surface area contributed by atoms with Crippen molar-refractivity contribution in [3.63, 3.8) is 0 Å². The van der Waals surface area contributed by atoms with E-state index < -0.39 is 0 Å². The number of nitrogens with one attached hydrogen (secondary N) is 1. The maximum atomic E-state index is 5.69. The lowest BCUT2D eigenvalue weighted by atomic mass is 10.0. The van der Waals surface area contributed by atoms with Crippen LogP contribution >= 0.6 is 0 Å². The molecule has 1 rings (SSSR count). The largest absolute Gasteiger partial charge is 0.379 e. The molecule has 1 heterocycles. The molecule has 19 heavy (non-hydrogen) atoms. The van der Waals surface area contributed by atoms with Crippen molar-refractivity contribution in [1.29, 1.82) is 0 Å². The minimum atomic E-state index is 0.187. The molecule has 0 fully saturated rings. The molecule has 0 aliphatic carbocycles. The molecule has 0 saturated carbocycles. The van der Waals surface area contributed by atoms with E-state index in [1.54, 1.807) is 7.11 Å². The lowest BCUT2D eigenvalue weighted by Gasteiger charge is -2.27. The quantitative estimate of drug-likeness (QED) is 0.708. The van der Waals surface area contributed by atoms with E-state index in [9.17, 15) is 0 Å². The standard InChI is InChI=1S/C15H29N3O/c1-5-8-13(19-4)14(16-9-6-2)15-17-10-12-18(15)11-7-3/h10,12-14,16H,5-9,11H2,1-4H3. The highest BCUT2D eigenvalue weighted by Gasteiger charge is 2.25. The number of nitrogens with zero attached hydrogens (tertiary/aromatic N) is 2. The molecule has 0 saturated heterocycles. The molecule has 4 heteroatoms. The second-order valence-electron chi connectivity index (χ2n) is 4.97. The summed E-state index contributed by atoms with van der Waals surface area (Å²) in [6, 6.07) is 0.187. The number of aryl methyl sites for hydroxylation is 1. The summed E-state index contributed by atoms with van der Waals surface area (Å²) < 4.78 is 7.94. The molecule has 4 nitrogen and oxygen atoms in total. The Morgan fingerprint density at radius 1 is 1.26 bits per heavy atom. The molecule has 2 unspecified atom stereocenters. The van der Waals surface area contributed by atoms with Gasteiger partial charge in [0.2, 0.25) is 0 Å². The van der Waals surface area contributed by atoms with Gasteiger partial charge >= 0.3 is 0 Å². The molecule has 0 radical (unpaired) electrons. The molecule has 0 amide bonds. The van der Waals surface area contributed by atoms with Crippen molar-refractivity contribution in [2.45, 2.75) is 65.1 Å². The molecule has 1 N–H and O–H groups in total. The molecule has 0 aliphatic heterocycles. The van der Waals surface area contributed by atoms with Gasteiger partial charge < -0.3 is 14.6 Å². The monoisotopic (exact) mass is 267 g/mol. The Hall–Kier alpha value is -0.870. The second-order valence-corrected chi connectivity index (χ2v) is 4.97. The summed E-state index contributed by atoms with van der Waals surface area (Å²) >= 11 is 0.